The summed E-state index contributed by atoms with van der Waals surface area (Å²) in [6.45, 7) is 4.71. The number of hydrogen-bond acceptors (Lipinski definition) is 4. The Labute approximate surface area is 106 Å². The quantitative estimate of drug-likeness (QED) is 0.605. The number of aryl methyl sites for hydroxylation is 1. The minimum atomic E-state index is -0.226. The molecule has 3 rings (SSSR count). The van der Waals surface area contributed by atoms with Crippen LogP contribution in [0, 0.1) is 17.0 Å². The predicted octanol–water partition coefficient (Wildman–Crippen LogP) is 1.63. The maximum absolute atomic E-state index is 11.2. The van der Waals surface area contributed by atoms with Gasteiger partial charge in [-0.1, -0.05) is 6.07 Å². The molecule has 5 nitrogen and oxygen atoms in total. The molecule has 1 atom stereocenters. The largest absolute Gasteiger partial charge is 0.366 e. The fourth-order valence-electron chi connectivity index (χ4n) is 3.16. The third-order valence-electron chi connectivity index (χ3n) is 4.03. The molecule has 1 aromatic carbocycles. The summed E-state index contributed by atoms with van der Waals surface area (Å²) < 4.78 is 0. The first-order valence-corrected chi connectivity index (χ1v) is 6.42. The Morgan fingerprint density at radius 2 is 2.33 bits per heavy atom. The number of rotatable bonds is 1. The summed E-state index contributed by atoms with van der Waals surface area (Å²) >= 11 is 0. The molecular formula is C13H17N3O2. The first kappa shape index (κ1) is 11.5. The molecule has 5 heteroatoms. The highest BCUT2D eigenvalue weighted by Gasteiger charge is 2.33. The van der Waals surface area contributed by atoms with Gasteiger partial charge in [-0.2, -0.15) is 0 Å². The van der Waals surface area contributed by atoms with E-state index in [2.05, 4.69) is 16.3 Å². The van der Waals surface area contributed by atoms with Crippen molar-refractivity contribution in [3.63, 3.8) is 0 Å². The number of anilines is 1. The van der Waals surface area contributed by atoms with Crippen molar-refractivity contribution in [1.29, 1.82) is 0 Å². The van der Waals surface area contributed by atoms with Crippen LogP contribution in [0.5, 0.6) is 0 Å². The van der Waals surface area contributed by atoms with Crippen LogP contribution in [0.25, 0.3) is 0 Å². The highest BCUT2D eigenvalue weighted by atomic mass is 16.6. The van der Waals surface area contributed by atoms with E-state index in [1.54, 1.807) is 0 Å². The molecule has 1 N–H and O–H groups in total. The van der Waals surface area contributed by atoms with E-state index in [1.807, 2.05) is 13.0 Å². The van der Waals surface area contributed by atoms with Gasteiger partial charge < -0.3 is 10.2 Å². The van der Waals surface area contributed by atoms with E-state index in [1.165, 1.54) is 0 Å². The average Bonchev–Trinajstić information content (AvgIpc) is 2.37. The molecule has 18 heavy (non-hydrogen) atoms. The first-order chi connectivity index (χ1) is 8.68. The van der Waals surface area contributed by atoms with E-state index in [9.17, 15) is 10.1 Å². The first-order valence-electron chi connectivity index (χ1n) is 6.42. The molecule has 2 aliphatic heterocycles. The van der Waals surface area contributed by atoms with Crippen molar-refractivity contribution >= 4 is 11.4 Å². The third kappa shape index (κ3) is 1.66. The van der Waals surface area contributed by atoms with Crippen molar-refractivity contribution < 1.29 is 4.92 Å². The number of nitro groups is 1. The van der Waals surface area contributed by atoms with Gasteiger partial charge >= 0.3 is 0 Å². The summed E-state index contributed by atoms with van der Waals surface area (Å²) in [7, 11) is 0. The highest BCUT2D eigenvalue weighted by molar-refractivity contribution is 5.67. The minimum Gasteiger partial charge on any atom is -0.366 e. The Kier molecular flexibility index (Phi) is 2.70. The molecule has 0 amide bonds. The van der Waals surface area contributed by atoms with Crippen LogP contribution in [-0.2, 0) is 6.42 Å². The van der Waals surface area contributed by atoms with Crippen LogP contribution < -0.4 is 10.2 Å². The number of piperazine rings is 1. The summed E-state index contributed by atoms with van der Waals surface area (Å²) in [5.41, 5.74) is 3.10. The molecule has 0 saturated carbocycles. The number of benzene rings is 1. The van der Waals surface area contributed by atoms with Gasteiger partial charge in [-0.15, -0.1) is 0 Å². The second-order valence-electron chi connectivity index (χ2n) is 5.08. The average molecular weight is 247 g/mol. The van der Waals surface area contributed by atoms with E-state index in [0.29, 0.717) is 11.7 Å². The molecule has 2 aliphatic rings. The molecule has 0 bridgehead atoms. The van der Waals surface area contributed by atoms with E-state index in [4.69, 9.17) is 0 Å². The summed E-state index contributed by atoms with van der Waals surface area (Å²) in [5, 5.41) is 14.6. The molecule has 0 spiro atoms. The monoisotopic (exact) mass is 247 g/mol. The van der Waals surface area contributed by atoms with Gasteiger partial charge in [0, 0.05) is 36.9 Å². The van der Waals surface area contributed by atoms with Gasteiger partial charge in [-0.05, 0) is 25.8 Å². The summed E-state index contributed by atoms with van der Waals surface area (Å²) in [4.78, 5) is 13.3. The fraction of sp³-hybridized carbons (Fsp3) is 0.538. The molecule has 0 radical (unpaired) electrons. The second kappa shape index (κ2) is 4.24. The molecule has 1 fully saturated rings. The zero-order valence-electron chi connectivity index (χ0n) is 10.5. The topological polar surface area (TPSA) is 58.4 Å². The smallest absolute Gasteiger partial charge is 0.277 e. The van der Waals surface area contributed by atoms with Crippen molar-refractivity contribution in [2.45, 2.75) is 25.8 Å². The number of nitro benzene ring substituents is 1. The van der Waals surface area contributed by atoms with Gasteiger partial charge in [0.15, 0.2) is 0 Å². The fourth-order valence-corrected chi connectivity index (χ4v) is 3.16. The molecule has 0 unspecified atom stereocenters. The summed E-state index contributed by atoms with van der Waals surface area (Å²) in [5.74, 6) is 0. The van der Waals surface area contributed by atoms with E-state index in [-0.39, 0.29) is 4.92 Å². The van der Waals surface area contributed by atoms with Crippen LogP contribution in [0.3, 0.4) is 0 Å². The Morgan fingerprint density at radius 3 is 3.11 bits per heavy atom. The van der Waals surface area contributed by atoms with Crippen LogP contribution >= 0.6 is 0 Å². The van der Waals surface area contributed by atoms with Crippen LogP contribution in [0.1, 0.15) is 17.5 Å². The third-order valence-corrected chi connectivity index (χ3v) is 4.03. The van der Waals surface area contributed by atoms with Crippen molar-refractivity contribution in [3.05, 3.63) is 33.4 Å². The van der Waals surface area contributed by atoms with Gasteiger partial charge in [0.25, 0.3) is 5.69 Å². The second-order valence-corrected chi connectivity index (χ2v) is 5.08. The Morgan fingerprint density at radius 1 is 1.50 bits per heavy atom. The Bertz CT molecular complexity index is 501. The van der Waals surface area contributed by atoms with Crippen LogP contribution in [0.2, 0.25) is 0 Å². The van der Waals surface area contributed by atoms with Crippen molar-refractivity contribution in [3.8, 4) is 0 Å². The van der Waals surface area contributed by atoms with Gasteiger partial charge in [0.05, 0.1) is 10.5 Å². The van der Waals surface area contributed by atoms with E-state index in [0.717, 1.165) is 49.3 Å². The van der Waals surface area contributed by atoms with Crippen LogP contribution in [0.4, 0.5) is 11.4 Å². The molecule has 96 valence electrons. The Hall–Kier alpha value is -1.62. The van der Waals surface area contributed by atoms with Crippen LogP contribution in [0.15, 0.2) is 12.1 Å². The zero-order valence-corrected chi connectivity index (χ0v) is 10.5. The maximum Gasteiger partial charge on any atom is 0.277 e. The van der Waals surface area contributed by atoms with Crippen LogP contribution in [-0.4, -0.2) is 30.6 Å². The van der Waals surface area contributed by atoms with Gasteiger partial charge in [-0.25, -0.2) is 0 Å². The molecule has 0 aliphatic carbocycles. The van der Waals surface area contributed by atoms with Gasteiger partial charge in [0.2, 0.25) is 0 Å². The molecular weight excluding hydrogens is 230 g/mol. The van der Waals surface area contributed by atoms with E-state index < -0.39 is 0 Å². The lowest BCUT2D eigenvalue weighted by molar-refractivity contribution is -0.386. The number of nitrogens with one attached hydrogen (secondary N) is 1. The normalized spacial score (nSPS) is 22.3. The Balaban J connectivity index is 2.10. The minimum absolute atomic E-state index is 0.226. The summed E-state index contributed by atoms with van der Waals surface area (Å²) in [6.07, 6.45) is 1.82. The zero-order chi connectivity index (χ0) is 12.7. The van der Waals surface area contributed by atoms with E-state index >= 15 is 0 Å². The molecule has 1 saturated heterocycles. The number of hydrogen-bond donors (Lipinski definition) is 1. The lowest BCUT2D eigenvalue weighted by atomic mass is 9.91. The molecule has 0 aromatic heterocycles. The van der Waals surface area contributed by atoms with Crippen molar-refractivity contribution in [1.82, 2.24) is 5.32 Å². The SMILES string of the molecule is Cc1ccc2c(c1[N+](=O)[O-])CC[C@H]1CNCCN21. The van der Waals surface area contributed by atoms with Crippen molar-refractivity contribution in [2.24, 2.45) is 0 Å². The van der Waals surface area contributed by atoms with Crippen molar-refractivity contribution in [2.75, 3.05) is 24.5 Å². The molecule has 1 aromatic rings. The standard InChI is InChI=1S/C13H17N3O2/c1-9-2-5-12-11(13(9)16(17)18)4-3-10-8-14-6-7-15(10)12/h2,5,10,14H,3-4,6-8H2,1H3/t10-/m0/s1. The highest BCUT2D eigenvalue weighted by Crippen LogP contribution is 2.38. The summed E-state index contributed by atoms with van der Waals surface area (Å²) in [6, 6.07) is 4.42. The number of fused-ring (bicyclic) bond motifs is 3. The number of nitrogens with zero attached hydrogens (tertiary/aromatic N) is 2. The lowest BCUT2D eigenvalue weighted by Gasteiger charge is -2.42. The van der Waals surface area contributed by atoms with Gasteiger partial charge in [0.1, 0.15) is 0 Å². The van der Waals surface area contributed by atoms with Gasteiger partial charge in [-0.3, -0.25) is 10.1 Å². The predicted molar refractivity (Wildman–Crippen MR) is 70.2 cm³/mol. The molecule has 2 heterocycles. The lowest BCUT2D eigenvalue weighted by Crippen LogP contribution is -2.53. The maximum atomic E-state index is 11.2.